The molecule has 2 rings (SSSR count). The van der Waals surface area contributed by atoms with Crippen molar-refractivity contribution in [2.24, 2.45) is 0 Å². The van der Waals surface area contributed by atoms with Crippen LogP contribution in [-0.4, -0.2) is 23.5 Å². The number of aromatic carboxylic acids is 1. The third-order valence-corrected chi connectivity index (χ3v) is 4.14. The van der Waals surface area contributed by atoms with E-state index in [-0.39, 0.29) is 10.8 Å². The second-order valence-corrected chi connectivity index (χ2v) is 5.70. The zero-order valence-corrected chi connectivity index (χ0v) is 12.6. The van der Waals surface area contributed by atoms with Crippen LogP contribution in [0.4, 0.5) is 5.69 Å². The summed E-state index contributed by atoms with van der Waals surface area (Å²) in [7, 11) is 0. The monoisotopic (exact) mass is 303 g/mol. The molecule has 0 aliphatic heterocycles. The Morgan fingerprint density at radius 3 is 2.33 bits per heavy atom. The first-order valence-corrected chi connectivity index (χ1v) is 7.65. The number of para-hydroxylation sites is 1. The third kappa shape index (κ3) is 3.70. The van der Waals surface area contributed by atoms with Crippen LogP contribution in [-0.2, 0) is 0 Å². The van der Waals surface area contributed by atoms with Gasteiger partial charge < -0.3 is 10.0 Å². The van der Waals surface area contributed by atoms with Crippen LogP contribution in [0, 0.1) is 0 Å². The third-order valence-electron chi connectivity index (χ3n) is 3.08. The van der Waals surface area contributed by atoms with Gasteiger partial charge in [-0.15, -0.1) is 11.3 Å². The summed E-state index contributed by atoms with van der Waals surface area (Å²) < 4.78 is 0. The topological polar surface area (TPSA) is 57.6 Å². The van der Waals surface area contributed by atoms with Crippen molar-refractivity contribution < 1.29 is 14.7 Å². The molecular formula is C16H17NO3S. The molecule has 0 atom stereocenters. The summed E-state index contributed by atoms with van der Waals surface area (Å²) in [5.74, 6) is -1.15. The number of amides is 1. The van der Waals surface area contributed by atoms with Crippen molar-refractivity contribution in [1.29, 1.82) is 0 Å². The van der Waals surface area contributed by atoms with Gasteiger partial charge in [0.1, 0.15) is 4.88 Å². The van der Waals surface area contributed by atoms with E-state index in [4.69, 9.17) is 5.11 Å². The standard InChI is InChI=1S/C16H17NO3S/c1-2-3-11-17(12-7-5-4-6-8-12)15(18)13-9-10-14(21-13)16(19)20/h4-10H,2-3,11H2,1H3,(H,19,20). The number of nitrogens with zero attached hydrogens (tertiary/aromatic N) is 1. The highest BCUT2D eigenvalue weighted by atomic mass is 32.1. The molecule has 0 saturated heterocycles. The highest BCUT2D eigenvalue weighted by molar-refractivity contribution is 7.16. The number of benzene rings is 1. The molecule has 21 heavy (non-hydrogen) atoms. The number of carboxylic acids is 1. The molecule has 4 nitrogen and oxygen atoms in total. The van der Waals surface area contributed by atoms with Crippen LogP contribution in [0.5, 0.6) is 0 Å². The summed E-state index contributed by atoms with van der Waals surface area (Å²) in [5, 5.41) is 8.96. The van der Waals surface area contributed by atoms with Gasteiger partial charge in [-0.2, -0.15) is 0 Å². The van der Waals surface area contributed by atoms with Crippen LogP contribution in [0.2, 0.25) is 0 Å². The van der Waals surface area contributed by atoms with Crippen molar-refractivity contribution in [3.8, 4) is 0 Å². The Balaban J connectivity index is 2.27. The normalized spacial score (nSPS) is 10.3. The largest absolute Gasteiger partial charge is 0.477 e. The molecule has 1 heterocycles. The van der Waals surface area contributed by atoms with Crippen molar-refractivity contribution in [3.05, 3.63) is 52.2 Å². The number of thiophene rings is 1. The Morgan fingerprint density at radius 2 is 1.76 bits per heavy atom. The maximum atomic E-state index is 12.6. The quantitative estimate of drug-likeness (QED) is 0.880. The van der Waals surface area contributed by atoms with Gasteiger partial charge in [0.2, 0.25) is 0 Å². The van der Waals surface area contributed by atoms with Gasteiger partial charge in [-0.25, -0.2) is 4.79 Å². The average molecular weight is 303 g/mol. The molecule has 5 heteroatoms. The van der Waals surface area contributed by atoms with E-state index >= 15 is 0 Å². The van der Waals surface area contributed by atoms with E-state index in [1.807, 2.05) is 30.3 Å². The van der Waals surface area contributed by atoms with Gasteiger partial charge in [0, 0.05) is 12.2 Å². The molecule has 1 N–H and O–H groups in total. The molecule has 0 unspecified atom stereocenters. The Morgan fingerprint density at radius 1 is 1.10 bits per heavy atom. The lowest BCUT2D eigenvalue weighted by Crippen LogP contribution is -2.31. The van der Waals surface area contributed by atoms with E-state index in [2.05, 4.69) is 6.92 Å². The lowest BCUT2D eigenvalue weighted by atomic mass is 10.2. The summed E-state index contributed by atoms with van der Waals surface area (Å²) in [4.78, 5) is 25.9. The molecular weight excluding hydrogens is 286 g/mol. The lowest BCUT2D eigenvalue weighted by molar-refractivity contribution is 0.0702. The molecule has 1 amide bonds. The lowest BCUT2D eigenvalue weighted by Gasteiger charge is -2.22. The van der Waals surface area contributed by atoms with Crippen molar-refractivity contribution in [1.82, 2.24) is 0 Å². The fraction of sp³-hybridized carbons (Fsp3) is 0.250. The number of hydrogen-bond donors (Lipinski definition) is 1. The fourth-order valence-corrected chi connectivity index (χ4v) is 2.77. The van der Waals surface area contributed by atoms with Crippen LogP contribution in [0.15, 0.2) is 42.5 Å². The van der Waals surface area contributed by atoms with E-state index in [0.29, 0.717) is 11.4 Å². The first kappa shape index (κ1) is 15.3. The molecule has 1 aromatic carbocycles. The molecule has 0 bridgehead atoms. The van der Waals surface area contributed by atoms with Crippen LogP contribution >= 0.6 is 11.3 Å². The van der Waals surface area contributed by atoms with Gasteiger partial charge >= 0.3 is 5.97 Å². The highest BCUT2D eigenvalue weighted by Crippen LogP contribution is 2.22. The van der Waals surface area contributed by atoms with Crippen LogP contribution < -0.4 is 4.90 Å². The van der Waals surface area contributed by atoms with Crippen molar-refractivity contribution in [3.63, 3.8) is 0 Å². The Labute approximate surface area is 127 Å². The van der Waals surface area contributed by atoms with Gasteiger partial charge in [-0.05, 0) is 30.7 Å². The van der Waals surface area contributed by atoms with E-state index in [0.717, 1.165) is 29.9 Å². The van der Waals surface area contributed by atoms with Crippen molar-refractivity contribution in [2.75, 3.05) is 11.4 Å². The van der Waals surface area contributed by atoms with Crippen LogP contribution in [0.3, 0.4) is 0 Å². The molecule has 0 aliphatic rings. The van der Waals surface area contributed by atoms with Gasteiger partial charge in [0.15, 0.2) is 0 Å². The number of unbranched alkanes of at least 4 members (excludes halogenated alkanes) is 1. The molecule has 0 spiro atoms. The second-order valence-electron chi connectivity index (χ2n) is 4.61. The highest BCUT2D eigenvalue weighted by Gasteiger charge is 2.20. The van der Waals surface area contributed by atoms with E-state index < -0.39 is 5.97 Å². The fourth-order valence-electron chi connectivity index (χ4n) is 1.97. The number of hydrogen-bond acceptors (Lipinski definition) is 3. The van der Waals surface area contributed by atoms with Gasteiger partial charge in [0.25, 0.3) is 5.91 Å². The summed E-state index contributed by atoms with van der Waals surface area (Å²) in [6.07, 6.45) is 1.89. The first-order chi connectivity index (χ1) is 10.1. The molecule has 0 aliphatic carbocycles. The van der Waals surface area contributed by atoms with E-state index in [1.165, 1.54) is 6.07 Å². The summed E-state index contributed by atoms with van der Waals surface area (Å²) >= 11 is 1.01. The smallest absolute Gasteiger partial charge is 0.345 e. The van der Waals surface area contributed by atoms with Crippen molar-refractivity contribution in [2.45, 2.75) is 19.8 Å². The van der Waals surface area contributed by atoms with Crippen LogP contribution in [0.1, 0.15) is 39.1 Å². The molecule has 110 valence electrons. The summed E-state index contributed by atoms with van der Waals surface area (Å²) in [6, 6.07) is 12.5. The average Bonchev–Trinajstić information content (AvgIpc) is 2.98. The summed E-state index contributed by atoms with van der Waals surface area (Å²) in [6.45, 7) is 2.70. The second kappa shape index (κ2) is 7.04. The Bertz CT molecular complexity index is 621. The zero-order valence-electron chi connectivity index (χ0n) is 11.8. The van der Waals surface area contributed by atoms with Gasteiger partial charge in [-0.1, -0.05) is 31.5 Å². The number of rotatable bonds is 6. The predicted molar refractivity (Wildman–Crippen MR) is 84.3 cm³/mol. The molecule has 1 aromatic heterocycles. The first-order valence-electron chi connectivity index (χ1n) is 6.83. The van der Waals surface area contributed by atoms with Crippen molar-refractivity contribution >= 4 is 28.9 Å². The maximum Gasteiger partial charge on any atom is 0.345 e. The van der Waals surface area contributed by atoms with E-state index in [9.17, 15) is 9.59 Å². The molecule has 2 aromatic rings. The number of anilines is 1. The maximum absolute atomic E-state index is 12.6. The Kier molecular flexibility index (Phi) is 5.11. The minimum absolute atomic E-state index is 0.146. The minimum atomic E-state index is -1.00. The van der Waals surface area contributed by atoms with Gasteiger partial charge in [-0.3, -0.25) is 4.79 Å². The number of carboxylic acid groups (broad SMARTS) is 1. The SMILES string of the molecule is CCCCN(C(=O)c1ccc(C(=O)O)s1)c1ccccc1. The zero-order chi connectivity index (χ0) is 15.2. The molecule has 0 saturated carbocycles. The number of carbonyl (C=O) groups is 2. The van der Waals surface area contributed by atoms with Crippen LogP contribution in [0.25, 0.3) is 0 Å². The van der Waals surface area contributed by atoms with E-state index in [1.54, 1.807) is 11.0 Å². The molecule has 0 fully saturated rings. The Hall–Kier alpha value is -2.14. The van der Waals surface area contributed by atoms with Gasteiger partial charge in [0.05, 0.1) is 4.88 Å². The number of carbonyl (C=O) groups excluding carboxylic acids is 1. The summed E-state index contributed by atoms with van der Waals surface area (Å²) in [5.41, 5.74) is 0.834. The minimum Gasteiger partial charge on any atom is -0.477 e. The predicted octanol–water partition coefficient (Wildman–Crippen LogP) is 3.89. The molecule has 0 radical (unpaired) electrons.